The van der Waals surface area contributed by atoms with E-state index >= 15 is 0 Å². The molecule has 3 rings (SSSR count). The van der Waals surface area contributed by atoms with Crippen molar-refractivity contribution in [3.05, 3.63) is 59.1 Å². The Hall–Kier alpha value is -2.98. The van der Waals surface area contributed by atoms with Crippen LogP contribution >= 0.6 is 11.6 Å². The fourth-order valence-electron chi connectivity index (χ4n) is 2.41. The Morgan fingerprint density at radius 1 is 1.14 bits per heavy atom. The normalized spacial score (nSPS) is 11.2. The minimum atomic E-state index is -3.83. The molecule has 0 spiro atoms. The standard InChI is InChI=1S/C17H17ClN6O3S/c1-11-16(18)12(2)24(22-11)10-15(25)21-13-4-6-14(7-5-13)28(26,27)23-17-19-8-3-9-20-17/h3-9H,10H2,1-2H3,(H,21,25)(H,19,20,23). The van der Waals surface area contributed by atoms with Crippen molar-refractivity contribution in [1.82, 2.24) is 19.7 Å². The summed E-state index contributed by atoms with van der Waals surface area (Å²) >= 11 is 6.07. The zero-order valence-electron chi connectivity index (χ0n) is 15.0. The van der Waals surface area contributed by atoms with Gasteiger partial charge in [0.05, 0.1) is 21.3 Å². The molecule has 0 aliphatic rings. The summed E-state index contributed by atoms with van der Waals surface area (Å²) in [5.41, 5.74) is 1.80. The molecule has 0 saturated heterocycles. The van der Waals surface area contributed by atoms with Gasteiger partial charge >= 0.3 is 0 Å². The second-order valence-electron chi connectivity index (χ2n) is 5.89. The van der Waals surface area contributed by atoms with Gasteiger partial charge in [0.15, 0.2) is 0 Å². The van der Waals surface area contributed by atoms with Crippen molar-refractivity contribution < 1.29 is 13.2 Å². The molecule has 0 aliphatic heterocycles. The van der Waals surface area contributed by atoms with E-state index in [2.05, 4.69) is 25.1 Å². The Morgan fingerprint density at radius 2 is 1.79 bits per heavy atom. The van der Waals surface area contributed by atoms with Crippen LogP contribution < -0.4 is 10.0 Å². The number of amides is 1. The molecule has 3 aromatic rings. The number of anilines is 2. The van der Waals surface area contributed by atoms with E-state index in [1.807, 2.05) is 0 Å². The Kier molecular flexibility index (Phi) is 5.61. The minimum absolute atomic E-state index is 0.00759. The fourth-order valence-corrected chi connectivity index (χ4v) is 3.51. The van der Waals surface area contributed by atoms with Crippen molar-refractivity contribution in [2.45, 2.75) is 25.3 Å². The molecule has 0 unspecified atom stereocenters. The number of hydrogen-bond acceptors (Lipinski definition) is 6. The first-order valence-electron chi connectivity index (χ1n) is 8.15. The summed E-state index contributed by atoms with van der Waals surface area (Å²) in [4.78, 5) is 19.9. The summed E-state index contributed by atoms with van der Waals surface area (Å²) in [5, 5.41) is 7.42. The molecule has 1 amide bonds. The van der Waals surface area contributed by atoms with Gasteiger partial charge in [0, 0.05) is 18.1 Å². The number of carbonyl (C=O) groups excluding carboxylic acids is 1. The number of aromatic nitrogens is 4. The monoisotopic (exact) mass is 420 g/mol. The number of sulfonamides is 1. The molecular weight excluding hydrogens is 404 g/mol. The van der Waals surface area contributed by atoms with Crippen molar-refractivity contribution in [2.24, 2.45) is 0 Å². The average Bonchev–Trinajstić information content (AvgIpc) is 2.89. The highest BCUT2D eigenvalue weighted by Gasteiger charge is 2.16. The Bertz CT molecular complexity index is 1100. The van der Waals surface area contributed by atoms with Crippen molar-refractivity contribution >= 4 is 39.2 Å². The maximum Gasteiger partial charge on any atom is 0.264 e. The second kappa shape index (κ2) is 7.95. The van der Waals surface area contributed by atoms with Crippen LogP contribution in [0.4, 0.5) is 11.6 Å². The van der Waals surface area contributed by atoms with Crippen LogP contribution in [0.2, 0.25) is 5.02 Å². The third-order valence-electron chi connectivity index (χ3n) is 3.83. The topological polar surface area (TPSA) is 119 Å². The molecule has 0 bridgehead atoms. The maximum atomic E-state index is 12.3. The van der Waals surface area contributed by atoms with Gasteiger partial charge in [0.25, 0.3) is 10.0 Å². The predicted molar refractivity (Wildman–Crippen MR) is 105 cm³/mol. The molecular formula is C17H17ClN6O3S. The quantitative estimate of drug-likeness (QED) is 0.631. The smallest absolute Gasteiger partial charge is 0.264 e. The minimum Gasteiger partial charge on any atom is -0.324 e. The number of carbonyl (C=O) groups is 1. The van der Waals surface area contributed by atoms with E-state index in [4.69, 9.17) is 11.6 Å². The van der Waals surface area contributed by atoms with E-state index in [0.29, 0.717) is 22.1 Å². The van der Waals surface area contributed by atoms with Gasteiger partial charge in [-0.2, -0.15) is 5.10 Å². The maximum absolute atomic E-state index is 12.3. The van der Waals surface area contributed by atoms with Crippen LogP contribution in [0.1, 0.15) is 11.4 Å². The fraction of sp³-hybridized carbons (Fsp3) is 0.176. The van der Waals surface area contributed by atoms with E-state index in [-0.39, 0.29) is 23.3 Å². The first-order valence-corrected chi connectivity index (χ1v) is 10.0. The number of halogens is 1. The molecule has 2 heterocycles. The summed E-state index contributed by atoms with van der Waals surface area (Å²) in [6.07, 6.45) is 2.86. The van der Waals surface area contributed by atoms with Gasteiger partial charge in [0.1, 0.15) is 6.54 Å². The zero-order valence-corrected chi connectivity index (χ0v) is 16.6. The van der Waals surface area contributed by atoms with Gasteiger partial charge in [-0.25, -0.2) is 23.1 Å². The lowest BCUT2D eigenvalue weighted by molar-refractivity contribution is -0.116. The molecule has 1 aromatic carbocycles. The summed E-state index contributed by atoms with van der Waals surface area (Å²) in [7, 11) is -3.83. The van der Waals surface area contributed by atoms with Crippen molar-refractivity contribution in [1.29, 1.82) is 0 Å². The SMILES string of the molecule is Cc1nn(CC(=O)Nc2ccc(S(=O)(=O)Nc3ncccn3)cc2)c(C)c1Cl. The van der Waals surface area contributed by atoms with E-state index in [1.165, 1.54) is 41.3 Å². The second-order valence-corrected chi connectivity index (χ2v) is 7.95. The Balaban J connectivity index is 1.67. The highest BCUT2D eigenvalue weighted by atomic mass is 35.5. The number of nitrogens with one attached hydrogen (secondary N) is 2. The number of aryl methyl sites for hydroxylation is 1. The van der Waals surface area contributed by atoms with E-state index in [9.17, 15) is 13.2 Å². The van der Waals surface area contributed by atoms with E-state index in [0.717, 1.165) is 0 Å². The highest BCUT2D eigenvalue weighted by molar-refractivity contribution is 7.92. The molecule has 28 heavy (non-hydrogen) atoms. The third-order valence-corrected chi connectivity index (χ3v) is 5.72. The lowest BCUT2D eigenvalue weighted by Gasteiger charge is -2.09. The van der Waals surface area contributed by atoms with Crippen LogP contribution in [0.25, 0.3) is 0 Å². The van der Waals surface area contributed by atoms with Gasteiger partial charge in [-0.3, -0.25) is 9.48 Å². The molecule has 0 atom stereocenters. The summed E-state index contributed by atoms with van der Waals surface area (Å²) in [6, 6.07) is 7.32. The first-order chi connectivity index (χ1) is 13.3. The summed E-state index contributed by atoms with van der Waals surface area (Å²) in [5.74, 6) is -0.336. The Morgan fingerprint density at radius 3 is 2.36 bits per heavy atom. The van der Waals surface area contributed by atoms with Gasteiger partial charge in [0.2, 0.25) is 11.9 Å². The number of nitrogens with zero attached hydrogens (tertiary/aromatic N) is 4. The molecule has 0 fully saturated rings. The van der Waals surface area contributed by atoms with Gasteiger partial charge in [-0.1, -0.05) is 11.6 Å². The molecule has 2 aromatic heterocycles. The van der Waals surface area contributed by atoms with Gasteiger partial charge < -0.3 is 5.32 Å². The van der Waals surface area contributed by atoms with Crippen LogP contribution in [0.3, 0.4) is 0 Å². The summed E-state index contributed by atoms with van der Waals surface area (Å²) < 4.78 is 28.5. The molecule has 2 N–H and O–H groups in total. The van der Waals surface area contributed by atoms with Crippen LogP contribution in [-0.2, 0) is 21.4 Å². The molecule has 9 nitrogen and oxygen atoms in total. The lowest BCUT2D eigenvalue weighted by atomic mass is 10.3. The zero-order chi connectivity index (χ0) is 20.3. The van der Waals surface area contributed by atoms with Crippen molar-refractivity contribution in [3.63, 3.8) is 0 Å². The first kappa shape index (κ1) is 19.8. The van der Waals surface area contributed by atoms with Crippen LogP contribution in [0.5, 0.6) is 0 Å². The van der Waals surface area contributed by atoms with Crippen LogP contribution in [0.15, 0.2) is 47.6 Å². The largest absolute Gasteiger partial charge is 0.324 e. The van der Waals surface area contributed by atoms with Crippen molar-refractivity contribution in [3.8, 4) is 0 Å². The van der Waals surface area contributed by atoms with Crippen molar-refractivity contribution in [2.75, 3.05) is 10.0 Å². The lowest BCUT2D eigenvalue weighted by Crippen LogP contribution is -2.20. The molecule has 0 aliphatic carbocycles. The third kappa shape index (κ3) is 4.46. The average molecular weight is 421 g/mol. The van der Waals surface area contributed by atoms with Gasteiger partial charge in [-0.15, -0.1) is 0 Å². The number of benzene rings is 1. The van der Waals surface area contributed by atoms with E-state index < -0.39 is 10.0 Å². The summed E-state index contributed by atoms with van der Waals surface area (Å²) in [6.45, 7) is 3.53. The predicted octanol–water partition coefficient (Wildman–Crippen LogP) is 2.38. The van der Waals surface area contributed by atoms with Crippen LogP contribution in [-0.4, -0.2) is 34.1 Å². The molecule has 0 radical (unpaired) electrons. The highest BCUT2D eigenvalue weighted by Crippen LogP contribution is 2.19. The molecule has 0 saturated carbocycles. The van der Waals surface area contributed by atoms with Crippen LogP contribution in [0, 0.1) is 13.8 Å². The van der Waals surface area contributed by atoms with E-state index in [1.54, 1.807) is 19.9 Å². The van der Waals surface area contributed by atoms with Gasteiger partial charge in [-0.05, 0) is 44.2 Å². The molecule has 146 valence electrons. The Labute approximate surface area is 166 Å². The number of rotatable bonds is 6. The number of hydrogen-bond donors (Lipinski definition) is 2. The molecule has 11 heteroatoms.